The Morgan fingerprint density at radius 2 is 2.12 bits per heavy atom. The van der Waals surface area contributed by atoms with E-state index < -0.39 is 0 Å². The Labute approximate surface area is 104 Å². The molecule has 0 aromatic rings. The second-order valence-corrected chi connectivity index (χ2v) is 5.81. The Bertz CT molecular complexity index is 273. The van der Waals surface area contributed by atoms with Crippen LogP contribution in [0.4, 0.5) is 0 Å². The predicted octanol–water partition coefficient (Wildman–Crippen LogP) is 1.01. The molecule has 1 amide bonds. The highest BCUT2D eigenvalue weighted by atomic mass is 16.5. The van der Waals surface area contributed by atoms with Crippen molar-refractivity contribution in [3.63, 3.8) is 0 Å². The van der Waals surface area contributed by atoms with Crippen LogP contribution in [-0.4, -0.2) is 49.2 Å². The van der Waals surface area contributed by atoms with Gasteiger partial charge in [-0.3, -0.25) is 4.79 Å². The summed E-state index contributed by atoms with van der Waals surface area (Å²) in [6.45, 7) is 8.39. The van der Waals surface area contributed by atoms with Crippen LogP contribution in [0.1, 0.15) is 33.1 Å². The van der Waals surface area contributed by atoms with Crippen molar-refractivity contribution >= 4 is 5.91 Å². The summed E-state index contributed by atoms with van der Waals surface area (Å²) in [7, 11) is 0. The van der Waals surface area contributed by atoms with Gasteiger partial charge in [-0.05, 0) is 45.7 Å². The highest BCUT2D eigenvalue weighted by Gasteiger charge is 2.34. The minimum atomic E-state index is -0.137. The molecule has 1 N–H and O–H groups in total. The maximum Gasteiger partial charge on any atom is 0.223 e. The SMILES string of the molecule is CC1(C)COCCN1C(=O)CC1CCNCC1. The van der Waals surface area contributed by atoms with Crippen molar-refractivity contribution in [1.29, 1.82) is 0 Å². The fourth-order valence-electron chi connectivity index (χ4n) is 2.76. The van der Waals surface area contributed by atoms with Gasteiger partial charge in [0.15, 0.2) is 0 Å². The number of piperidine rings is 1. The molecule has 2 rings (SSSR count). The van der Waals surface area contributed by atoms with Crippen LogP contribution in [0, 0.1) is 5.92 Å². The van der Waals surface area contributed by atoms with Gasteiger partial charge in [-0.1, -0.05) is 0 Å². The molecule has 0 spiro atoms. The fourth-order valence-corrected chi connectivity index (χ4v) is 2.76. The molecule has 2 saturated heterocycles. The van der Waals surface area contributed by atoms with E-state index in [1.807, 2.05) is 4.90 Å². The van der Waals surface area contributed by atoms with Crippen molar-refractivity contribution in [2.75, 3.05) is 32.8 Å². The molecule has 17 heavy (non-hydrogen) atoms. The number of amides is 1. The third-order valence-electron chi connectivity index (χ3n) is 3.87. The number of hydrogen-bond acceptors (Lipinski definition) is 3. The van der Waals surface area contributed by atoms with Gasteiger partial charge in [0.05, 0.1) is 18.8 Å². The first-order valence-corrected chi connectivity index (χ1v) is 6.68. The Balaban J connectivity index is 1.89. The van der Waals surface area contributed by atoms with E-state index in [9.17, 15) is 4.79 Å². The molecule has 0 aliphatic carbocycles. The second-order valence-electron chi connectivity index (χ2n) is 5.81. The van der Waals surface area contributed by atoms with Crippen LogP contribution in [0.5, 0.6) is 0 Å². The van der Waals surface area contributed by atoms with Gasteiger partial charge < -0.3 is 15.0 Å². The Morgan fingerprint density at radius 1 is 1.41 bits per heavy atom. The van der Waals surface area contributed by atoms with Crippen LogP contribution in [0.25, 0.3) is 0 Å². The minimum Gasteiger partial charge on any atom is -0.377 e. The van der Waals surface area contributed by atoms with Crippen molar-refractivity contribution in [3.05, 3.63) is 0 Å². The zero-order valence-corrected chi connectivity index (χ0v) is 11.0. The van der Waals surface area contributed by atoms with Crippen LogP contribution in [-0.2, 0) is 9.53 Å². The first-order chi connectivity index (χ1) is 8.09. The summed E-state index contributed by atoms with van der Waals surface area (Å²) in [5.41, 5.74) is -0.137. The lowest BCUT2D eigenvalue weighted by molar-refractivity contribution is -0.147. The normalized spacial score (nSPS) is 25.9. The summed E-state index contributed by atoms with van der Waals surface area (Å²) >= 11 is 0. The number of carbonyl (C=O) groups is 1. The summed E-state index contributed by atoms with van der Waals surface area (Å²) in [5, 5.41) is 3.34. The molecule has 4 heteroatoms. The lowest BCUT2D eigenvalue weighted by atomic mass is 9.92. The fraction of sp³-hybridized carbons (Fsp3) is 0.923. The molecular weight excluding hydrogens is 216 g/mol. The number of hydrogen-bond donors (Lipinski definition) is 1. The highest BCUT2D eigenvalue weighted by molar-refractivity contribution is 5.77. The molecule has 98 valence electrons. The van der Waals surface area contributed by atoms with E-state index in [-0.39, 0.29) is 5.54 Å². The van der Waals surface area contributed by atoms with Crippen LogP contribution >= 0.6 is 0 Å². The quantitative estimate of drug-likeness (QED) is 0.783. The smallest absolute Gasteiger partial charge is 0.223 e. The minimum absolute atomic E-state index is 0.137. The molecule has 2 heterocycles. The van der Waals surface area contributed by atoms with Crippen LogP contribution in [0.15, 0.2) is 0 Å². The first kappa shape index (κ1) is 12.8. The lowest BCUT2D eigenvalue weighted by Crippen LogP contribution is -2.55. The van der Waals surface area contributed by atoms with Gasteiger partial charge in [0.1, 0.15) is 0 Å². The molecule has 0 saturated carbocycles. The summed E-state index contributed by atoms with van der Waals surface area (Å²) in [6.07, 6.45) is 2.98. The number of morpholine rings is 1. The van der Waals surface area contributed by atoms with Gasteiger partial charge in [0.2, 0.25) is 5.91 Å². The summed E-state index contributed by atoms with van der Waals surface area (Å²) in [4.78, 5) is 14.3. The average Bonchev–Trinajstić information content (AvgIpc) is 2.29. The third kappa shape index (κ3) is 3.19. The number of ether oxygens (including phenoxy) is 1. The standard InChI is InChI=1S/C13H24N2O2/c1-13(2)10-17-8-7-15(13)12(16)9-11-3-5-14-6-4-11/h11,14H,3-10H2,1-2H3. The molecule has 0 radical (unpaired) electrons. The summed E-state index contributed by atoms with van der Waals surface area (Å²) < 4.78 is 5.45. The first-order valence-electron chi connectivity index (χ1n) is 6.68. The van der Waals surface area contributed by atoms with Gasteiger partial charge in [-0.15, -0.1) is 0 Å². The van der Waals surface area contributed by atoms with E-state index >= 15 is 0 Å². The van der Waals surface area contributed by atoms with Crippen molar-refractivity contribution in [1.82, 2.24) is 10.2 Å². The molecular formula is C13H24N2O2. The number of nitrogens with zero attached hydrogens (tertiary/aromatic N) is 1. The van der Waals surface area contributed by atoms with Crippen molar-refractivity contribution in [2.24, 2.45) is 5.92 Å². The predicted molar refractivity (Wildman–Crippen MR) is 66.8 cm³/mol. The van der Waals surface area contributed by atoms with Gasteiger partial charge >= 0.3 is 0 Å². The summed E-state index contributed by atoms with van der Waals surface area (Å²) in [6, 6.07) is 0. The Hall–Kier alpha value is -0.610. The maximum absolute atomic E-state index is 12.3. The van der Waals surface area contributed by atoms with Crippen LogP contribution < -0.4 is 5.32 Å². The number of nitrogens with one attached hydrogen (secondary N) is 1. The van der Waals surface area contributed by atoms with Crippen molar-refractivity contribution < 1.29 is 9.53 Å². The molecule has 0 unspecified atom stereocenters. The largest absolute Gasteiger partial charge is 0.377 e. The lowest BCUT2D eigenvalue weighted by Gasteiger charge is -2.42. The topological polar surface area (TPSA) is 41.6 Å². The molecule has 0 aromatic heterocycles. The van der Waals surface area contributed by atoms with E-state index in [1.165, 1.54) is 0 Å². The average molecular weight is 240 g/mol. The highest BCUT2D eigenvalue weighted by Crippen LogP contribution is 2.23. The molecule has 2 aliphatic rings. The second kappa shape index (κ2) is 5.36. The van der Waals surface area contributed by atoms with E-state index in [1.54, 1.807) is 0 Å². The van der Waals surface area contributed by atoms with Crippen molar-refractivity contribution in [2.45, 2.75) is 38.6 Å². The molecule has 0 atom stereocenters. The van der Waals surface area contributed by atoms with E-state index in [2.05, 4.69) is 19.2 Å². The molecule has 0 bridgehead atoms. The zero-order valence-electron chi connectivity index (χ0n) is 11.0. The molecule has 4 nitrogen and oxygen atoms in total. The van der Waals surface area contributed by atoms with Gasteiger partial charge in [-0.25, -0.2) is 0 Å². The molecule has 0 aromatic carbocycles. The van der Waals surface area contributed by atoms with Gasteiger partial charge in [0, 0.05) is 13.0 Å². The molecule has 2 aliphatic heterocycles. The number of carbonyl (C=O) groups excluding carboxylic acids is 1. The van der Waals surface area contributed by atoms with Gasteiger partial charge in [0.25, 0.3) is 0 Å². The Morgan fingerprint density at radius 3 is 2.76 bits per heavy atom. The van der Waals surface area contributed by atoms with Crippen molar-refractivity contribution in [3.8, 4) is 0 Å². The van der Waals surface area contributed by atoms with E-state index in [4.69, 9.17) is 4.74 Å². The zero-order chi connectivity index (χ0) is 12.3. The van der Waals surface area contributed by atoms with Gasteiger partial charge in [-0.2, -0.15) is 0 Å². The third-order valence-corrected chi connectivity index (χ3v) is 3.87. The molecule has 2 fully saturated rings. The van der Waals surface area contributed by atoms with Crippen LogP contribution in [0.2, 0.25) is 0 Å². The Kier molecular flexibility index (Phi) is 4.05. The summed E-state index contributed by atoms with van der Waals surface area (Å²) in [5.74, 6) is 0.882. The number of rotatable bonds is 2. The van der Waals surface area contributed by atoms with E-state index in [0.717, 1.165) is 32.5 Å². The monoisotopic (exact) mass is 240 g/mol. The van der Waals surface area contributed by atoms with Crippen LogP contribution in [0.3, 0.4) is 0 Å². The van der Waals surface area contributed by atoms with E-state index in [0.29, 0.717) is 31.5 Å². The maximum atomic E-state index is 12.3.